The Kier molecular flexibility index (Phi) is 14.0. The molecule has 26 heavy (non-hydrogen) atoms. The van der Waals surface area contributed by atoms with Crippen molar-refractivity contribution in [3.63, 3.8) is 0 Å². The van der Waals surface area contributed by atoms with E-state index < -0.39 is 0 Å². The van der Waals surface area contributed by atoms with Crippen LogP contribution in [0.1, 0.15) is 11.1 Å². The number of nitrogens with one attached hydrogen (secondary N) is 2. The summed E-state index contributed by atoms with van der Waals surface area (Å²) in [7, 11) is 0. The molecule has 8 heteroatoms. The summed E-state index contributed by atoms with van der Waals surface area (Å²) >= 11 is 12.0. The second-order valence-electron chi connectivity index (χ2n) is 5.32. The first kappa shape index (κ1) is 25.3. The molecule has 0 saturated carbocycles. The fourth-order valence-corrected chi connectivity index (χ4v) is 2.49. The van der Waals surface area contributed by atoms with Crippen molar-refractivity contribution < 1.29 is 9.84 Å². The van der Waals surface area contributed by atoms with E-state index in [0.717, 1.165) is 30.0 Å². The topological polar surface area (TPSA) is 53.5 Å². The smallest absolute Gasteiger partial charge is 0.124 e. The normalized spacial score (nSPS) is 9.96. The van der Waals surface area contributed by atoms with Gasteiger partial charge in [-0.15, -0.1) is 24.8 Å². The number of hydrogen-bond acceptors (Lipinski definition) is 4. The largest absolute Gasteiger partial charge is 0.489 e. The maximum absolute atomic E-state index is 8.71. The summed E-state index contributed by atoms with van der Waals surface area (Å²) < 4.78 is 5.92. The first-order valence-electron chi connectivity index (χ1n) is 7.87. The van der Waals surface area contributed by atoms with Crippen LogP contribution in [-0.2, 0) is 13.2 Å². The van der Waals surface area contributed by atoms with Crippen molar-refractivity contribution in [1.29, 1.82) is 0 Å². The van der Waals surface area contributed by atoms with E-state index in [1.165, 1.54) is 0 Å². The molecule has 2 rings (SSSR count). The van der Waals surface area contributed by atoms with Gasteiger partial charge >= 0.3 is 0 Å². The molecule has 0 amide bonds. The molecule has 146 valence electrons. The monoisotopic (exact) mass is 440 g/mol. The van der Waals surface area contributed by atoms with Crippen molar-refractivity contribution in [2.45, 2.75) is 13.2 Å². The van der Waals surface area contributed by atoms with E-state index in [9.17, 15) is 0 Å². The summed E-state index contributed by atoms with van der Waals surface area (Å²) in [6, 6.07) is 13.2. The third-order valence-corrected chi connectivity index (χ3v) is 3.90. The van der Waals surface area contributed by atoms with Crippen LogP contribution in [0.5, 0.6) is 5.75 Å². The molecule has 0 aliphatic rings. The molecule has 0 saturated heterocycles. The van der Waals surface area contributed by atoms with Gasteiger partial charge in [0.25, 0.3) is 0 Å². The van der Waals surface area contributed by atoms with Crippen LogP contribution in [0, 0.1) is 0 Å². The fraction of sp³-hybridized carbons (Fsp3) is 0.333. The molecule has 0 fully saturated rings. The van der Waals surface area contributed by atoms with Crippen molar-refractivity contribution in [2.75, 3.05) is 26.2 Å². The SMILES string of the molecule is Cl.Cl.OCCNCCNCc1cc(Cl)ccc1OCc1ccc(Cl)cc1. The van der Waals surface area contributed by atoms with Crippen LogP contribution >= 0.6 is 48.0 Å². The number of ether oxygens (including phenoxy) is 1. The Balaban J connectivity index is 0.00000312. The first-order chi connectivity index (χ1) is 11.7. The maximum atomic E-state index is 8.71. The number of hydrogen-bond donors (Lipinski definition) is 3. The Morgan fingerprint density at radius 3 is 2.19 bits per heavy atom. The molecule has 0 unspecified atom stereocenters. The third kappa shape index (κ3) is 9.28. The molecule has 3 N–H and O–H groups in total. The van der Waals surface area contributed by atoms with Crippen LogP contribution < -0.4 is 15.4 Å². The van der Waals surface area contributed by atoms with Gasteiger partial charge in [0.05, 0.1) is 6.61 Å². The average Bonchev–Trinajstić information content (AvgIpc) is 2.58. The minimum Gasteiger partial charge on any atom is -0.489 e. The van der Waals surface area contributed by atoms with Gasteiger partial charge in [-0.1, -0.05) is 35.3 Å². The Labute approximate surface area is 177 Å². The van der Waals surface area contributed by atoms with Crippen LogP contribution in [0.15, 0.2) is 42.5 Å². The zero-order valence-electron chi connectivity index (χ0n) is 14.2. The molecule has 2 aromatic rings. The van der Waals surface area contributed by atoms with Crippen LogP contribution in [0.2, 0.25) is 10.0 Å². The summed E-state index contributed by atoms with van der Waals surface area (Å²) in [6.07, 6.45) is 0. The summed E-state index contributed by atoms with van der Waals surface area (Å²) in [5, 5.41) is 16.6. The number of rotatable bonds is 10. The number of halogens is 4. The molecule has 4 nitrogen and oxygen atoms in total. The fourth-order valence-electron chi connectivity index (χ4n) is 2.17. The van der Waals surface area contributed by atoms with Gasteiger partial charge in [0.1, 0.15) is 12.4 Å². The van der Waals surface area contributed by atoms with Crippen molar-refractivity contribution in [1.82, 2.24) is 10.6 Å². The maximum Gasteiger partial charge on any atom is 0.124 e. The summed E-state index contributed by atoms with van der Waals surface area (Å²) in [4.78, 5) is 0. The molecule has 0 radical (unpaired) electrons. The number of benzene rings is 2. The molecule has 2 aromatic carbocycles. The Hall–Kier alpha value is -0.720. The predicted molar refractivity (Wildman–Crippen MR) is 113 cm³/mol. The van der Waals surface area contributed by atoms with Gasteiger partial charge in [0.15, 0.2) is 0 Å². The van der Waals surface area contributed by atoms with Gasteiger partial charge < -0.3 is 20.5 Å². The van der Waals surface area contributed by atoms with Crippen molar-refractivity contribution in [3.05, 3.63) is 63.6 Å². The van der Waals surface area contributed by atoms with Crippen LogP contribution in [0.25, 0.3) is 0 Å². The lowest BCUT2D eigenvalue weighted by Gasteiger charge is -2.13. The lowest BCUT2D eigenvalue weighted by molar-refractivity contribution is 0.292. The van der Waals surface area contributed by atoms with E-state index in [4.69, 9.17) is 33.0 Å². The third-order valence-electron chi connectivity index (χ3n) is 3.41. The van der Waals surface area contributed by atoms with Crippen LogP contribution in [0.3, 0.4) is 0 Å². The lowest BCUT2D eigenvalue weighted by Crippen LogP contribution is -2.28. The molecule has 0 bridgehead atoms. The Bertz CT molecular complexity index is 627. The molecular weight excluding hydrogens is 418 g/mol. The van der Waals surface area contributed by atoms with Gasteiger partial charge in [-0.2, -0.15) is 0 Å². The zero-order chi connectivity index (χ0) is 17.2. The quantitative estimate of drug-likeness (QED) is 0.486. The van der Waals surface area contributed by atoms with Gasteiger partial charge in [0.2, 0.25) is 0 Å². The predicted octanol–water partition coefficient (Wildman–Crippen LogP) is 4.09. The Morgan fingerprint density at radius 1 is 0.846 bits per heavy atom. The van der Waals surface area contributed by atoms with Crippen LogP contribution in [-0.4, -0.2) is 31.3 Å². The van der Waals surface area contributed by atoms with Crippen molar-refractivity contribution in [3.8, 4) is 5.75 Å². The second kappa shape index (κ2) is 14.4. The van der Waals surface area contributed by atoms with E-state index in [1.54, 1.807) is 0 Å². The average molecular weight is 442 g/mol. The van der Waals surface area contributed by atoms with E-state index in [1.807, 2.05) is 42.5 Å². The number of aliphatic hydroxyl groups excluding tert-OH is 1. The molecule has 0 aliphatic heterocycles. The number of aliphatic hydroxyl groups is 1. The molecular formula is C18H24Cl4N2O2. The summed E-state index contributed by atoms with van der Waals surface area (Å²) in [5.74, 6) is 0.810. The highest BCUT2D eigenvalue weighted by Gasteiger charge is 2.05. The standard InChI is InChI=1S/C18H22Cl2N2O2.2ClH/c19-16-3-1-14(2-4-16)13-24-18-6-5-17(20)11-15(18)12-22-8-7-21-9-10-23;;/h1-6,11,21-23H,7-10,12-13H2;2*1H. The molecule has 0 aliphatic carbocycles. The van der Waals surface area contributed by atoms with E-state index in [2.05, 4.69) is 10.6 Å². The van der Waals surface area contributed by atoms with Gasteiger partial charge in [-0.3, -0.25) is 0 Å². The molecule has 0 heterocycles. The molecule has 0 atom stereocenters. The van der Waals surface area contributed by atoms with Crippen LogP contribution in [0.4, 0.5) is 0 Å². The van der Waals surface area contributed by atoms with Gasteiger partial charge in [0, 0.05) is 41.8 Å². The first-order valence-corrected chi connectivity index (χ1v) is 8.62. The van der Waals surface area contributed by atoms with Gasteiger partial charge in [-0.25, -0.2) is 0 Å². The lowest BCUT2D eigenvalue weighted by atomic mass is 10.2. The van der Waals surface area contributed by atoms with Crippen molar-refractivity contribution in [2.24, 2.45) is 0 Å². The van der Waals surface area contributed by atoms with E-state index in [-0.39, 0.29) is 31.4 Å². The minimum absolute atomic E-state index is 0. The molecule has 0 aromatic heterocycles. The minimum atomic E-state index is 0. The highest BCUT2D eigenvalue weighted by atomic mass is 35.5. The summed E-state index contributed by atoms with van der Waals surface area (Å²) in [6.45, 7) is 3.48. The zero-order valence-corrected chi connectivity index (χ0v) is 17.4. The molecule has 0 spiro atoms. The highest BCUT2D eigenvalue weighted by molar-refractivity contribution is 6.30. The van der Waals surface area contributed by atoms with E-state index >= 15 is 0 Å². The second-order valence-corrected chi connectivity index (χ2v) is 6.19. The highest BCUT2D eigenvalue weighted by Crippen LogP contribution is 2.24. The Morgan fingerprint density at radius 2 is 1.50 bits per heavy atom. The van der Waals surface area contributed by atoms with Gasteiger partial charge in [-0.05, 0) is 35.9 Å². The van der Waals surface area contributed by atoms with Crippen molar-refractivity contribution >= 4 is 48.0 Å². The summed E-state index contributed by atoms with van der Waals surface area (Å²) in [5.41, 5.74) is 2.07. The van der Waals surface area contributed by atoms with E-state index in [0.29, 0.717) is 29.7 Å².